The number of rotatable bonds is 4. The molecular weight excluding hydrogens is 168 g/mol. The lowest BCUT2D eigenvalue weighted by molar-refractivity contribution is 0.410. The Morgan fingerprint density at radius 1 is 1.69 bits per heavy atom. The minimum atomic E-state index is 0.547. The Balaban J connectivity index is 1.76. The number of aromatic nitrogens is 2. The Kier molecular flexibility index (Phi) is 2.25. The molecule has 1 aromatic heterocycles. The maximum Gasteiger partial charge on any atom is 0.213 e. The van der Waals surface area contributed by atoms with Crippen LogP contribution in [-0.4, -0.2) is 22.5 Å². The molecule has 0 spiro atoms. The standard InChI is InChI=1S/C8H12N4O/c9-8(6-1-2-6)10-4-3-7-11-5-13-12-7/h5-6H,1-4H2,(H2,9,10). The van der Waals surface area contributed by atoms with E-state index < -0.39 is 0 Å². The molecule has 1 heterocycles. The molecule has 13 heavy (non-hydrogen) atoms. The van der Waals surface area contributed by atoms with Gasteiger partial charge in [-0.1, -0.05) is 5.16 Å². The molecule has 5 heteroatoms. The van der Waals surface area contributed by atoms with Gasteiger partial charge in [0.15, 0.2) is 5.82 Å². The van der Waals surface area contributed by atoms with E-state index in [-0.39, 0.29) is 0 Å². The molecule has 0 unspecified atom stereocenters. The van der Waals surface area contributed by atoms with Crippen LogP contribution in [0.15, 0.2) is 15.9 Å². The first-order valence-corrected chi connectivity index (χ1v) is 4.41. The van der Waals surface area contributed by atoms with Crippen LogP contribution in [0.1, 0.15) is 18.7 Å². The Hall–Kier alpha value is -1.39. The molecule has 70 valence electrons. The predicted molar refractivity (Wildman–Crippen MR) is 47.2 cm³/mol. The van der Waals surface area contributed by atoms with Crippen molar-refractivity contribution in [3.8, 4) is 0 Å². The quantitative estimate of drug-likeness (QED) is 0.536. The SMILES string of the molecule is NC(=NCCc1ncon1)C1CC1. The van der Waals surface area contributed by atoms with Gasteiger partial charge in [-0.25, -0.2) is 0 Å². The van der Waals surface area contributed by atoms with Crippen LogP contribution in [0.5, 0.6) is 0 Å². The highest BCUT2D eigenvalue weighted by molar-refractivity contribution is 5.84. The first-order valence-electron chi connectivity index (χ1n) is 4.41. The summed E-state index contributed by atoms with van der Waals surface area (Å²) in [6.45, 7) is 0.655. The van der Waals surface area contributed by atoms with Gasteiger partial charge in [0.05, 0.1) is 5.84 Å². The average Bonchev–Trinajstić information content (AvgIpc) is 2.86. The van der Waals surface area contributed by atoms with Crippen LogP contribution in [-0.2, 0) is 6.42 Å². The summed E-state index contributed by atoms with van der Waals surface area (Å²) < 4.78 is 4.59. The van der Waals surface area contributed by atoms with Crippen LogP contribution in [0, 0.1) is 5.92 Å². The molecule has 1 fully saturated rings. The Morgan fingerprint density at radius 3 is 3.15 bits per heavy atom. The molecule has 0 radical (unpaired) electrons. The molecule has 0 atom stereocenters. The van der Waals surface area contributed by atoms with Crippen molar-refractivity contribution in [1.29, 1.82) is 0 Å². The summed E-state index contributed by atoms with van der Waals surface area (Å²) in [5, 5.41) is 3.68. The van der Waals surface area contributed by atoms with Gasteiger partial charge in [0.2, 0.25) is 6.39 Å². The van der Waals surface area contributed by atoms with Crippen molar-refractivity contribution in [1.82, 2.24) is 10.1 Å². The Morgan fingerprint density at radius 2 is 2.54 bits per heavy atom. The fourth-order valence-corrected chi connectivity index (χ4v) is 1.10. The van der Waals surface area contributed by atoms with E-state index in [9.17, 15) is 0 Å². The lowest BCUT2D eigenvalue weighted by Crippen LogP contribution is -2.14. The number of hydrogen-bond donors (Lipinski definition) is 1. The van der Waals surface area contributed by atoms with Crippen molar-refractivity contribution in [2.24, 2.45) is 16.6 Å². The van der Waals surface area contributed by atoms with Crippen LogP contribution >= 0.6 is 0 Å². The van der Waals surface area contributed by atoms with E-state index in [0.29, 0.717) is 24.7 Å². The highest BCUT2D eigenvalue weighted by Crippen LogP contribution is 2.28. The highest BCUT2D eigenvalue weighted by Gasteiger charge is 2.24. The number of nitrogens with two attached hydrogens (primary N) is 1. The van der Waals surface area contributed by atoms with Gasteiger partial charge in [0.25, 0.3) is 0 Å². The van der Waals surface area contributed by atoms with Crippen LogP contribution in [0.25, 0.3) is 0 Å². The maximum atomic E-state index is 5.70. The van der Waals surface area contributed by atoms with Crippen molar-refractivity contribution >= 4 is 5.84 Å². The van der Waals surface area contributed by atoms with Crippen molar-refractivity contribution < 1.29 is 4.52 Å². The lowest BCUT2D eigenvalue weighted by atomic mass is 10.4. The normalized spacial score (nSPS) is 17.7. The van der Waals surface area contributed by atoms with E-state index in [0.717, 1.165) is 5.84 Å². The van der Waals surface area contributed by atoms with Crippen LogP contribution < -0.4 is 5.73 Å². The number of hydrogen-bond acceptors (Lipinski definition) is 4. The minimum absolute atomic E-state index is 0.547. The third kappa shape index (κ3) is 2.27. The molecule has 2 rings (SSSR count). The highest BCUT2D eigenvalue weighted by atomic mass is 16.5. The summed E-state index contributed by atoms with van der Waals surface area (Å²) in [6, 6.07) is 0. The third-order valence-electron chi connectivity index (χ3n) is 2.03. The summed E-state index contributed by atoms with van der Waals surface area (Å²) in [5.41, 5.74) is 5.70. The van der Waals surface area contributed by atoms with E-state index in [1.54, 1.807) is 0 Å². The van der Waals surface area contributed by atoms with Gasteiger partial charge in [0, 0.05) is 18.9 Å². The van der Waals surface area contributed by atoms with E-state index in [4.69, 9.17) is 5.73 Å². The summed E-state index contributed by atoms with van der Waals surface area (Å²) in [4.78, 5) is 8.12. The molecule has 0 aromatic carbocycles. The fourth-order valence-electron chi connectivity index (χ4n) is 1.10. The van der Waals surface area contributed by atoms with Gasteiger partial charge in [0.1, 0.15) is 0 Å². The third-order valence-corrected chi connectivity index (χ3v) is 2.03. The Bertz CT molecular complexity index is 289. The molecule has 0 amide bonds. The number of amidine groups is 1. The monoisotopic (exact) mass is 180 g/mol. The molecular formula is C8H12N4O. The van der Waals surface area contributed by atoms with Gasteiger partial charge in [-0.3, -0.25) is 4.99 Å². The van der Waals surface area contributed by atoms with Gasteiger partial charge in [-0.2, -0.15) is 4.98 Å². The van der Waals surface area contributed by atoms with Gasteiger partial charge in [-0.15, -0.1) is 0 Å². The Labute approximate surface area is 76.0 Å². The average molecular weight is 180 g/mol. The minimum Gasteiger partial charge on any atom is -0.387 e. The number of nitrogens with zero attached hydrogens (tertiary/aromatic N) is 3. The van der Waals surface area contributed by atoms with Crippen LogP contribution in [0.2, 0.25) is 0 Å². The first kappa shape index (κ1) is 8.22. The zero-order valence-corrected chi connectivity index (χ0v) is 7.31. The van der Waals surface area contributed by atoms with Gasteiger partial charge in [-0.05, 0) is 12.8 Å². The summed E-state index contributed by atoms with van der Waals surface area (Å²) in [5.74, 6) is 2.01. The molecule has 1 saturated carbocycles. The first-order chi connectivity index (χ1) is 6.36. The van der Waals surface area contributed by atoms with E-state index >= 15 is 0 Å². The second-order valence-corrected chi connectivity index (χ2v) is 3.18. The molecule has 2 N–H and O–H groups in total. The molecule has 1 aliphatic carbocycles. The molecule has 0 bridgehead atoms. The molecule has 0 saturated heterocycles. The molecule has 0 aliphatic heterocycles. The molecule has 1 aliphatic rings. The van der Waals surface area contributed by atoms with E-state index in [2.05, 4.69) is 19.7 Å². The largest absolute Gasteiger partial charge is 0.387 e. The van der Waals surface area contributed by atoms with Crippen molar-refractivity contribution in [3.05, 3.63) is 12.2 Å². The van der Waals surface area contributed by atoms with E-state index in [1.807, 2.05) is 0 Å². The smallest absolute Gasteiger partial charge is 0.213 e. The predicted octanol–water partition coefficient (Wildman–Crippen LogP) is 0.379. The fraction of sp³-hybridized carbons (Fsp3) is 0.625. The molecule has 5 nitrogen and oxygen atoms in total. The zero-order valence-electron chi connectivity index (χ0n) is 7.31. The second kappa shape index (κ2) is 3.55. The van der Waals surface area contributed by atoms with E-state index in [1.165, 1.54) is 19.2 Å². The van der Waals surface area contributed by atoms with Crippen LogP contribution in [0.4, 0.5) is 0 Å². The zero-order chi connectivity index (χ0) is 9.10. The second-order valence-electron chi connectivity index (χ2n) is 3.18. The van der Waals surface area contributed by atoms with Crippen molar-refractivity contribution in [3.63, 3.8) is 0 Å². The van der Waals surface area contributed by atoms with Crippen molar-refractivity contribution in [2.75, 3.05) is 6.54 Å². The van der Waals surface area contributed by atoms with Crippen LogP contribution in [0.3, 0.4) is 0 Å². The topological polar surface area (TPSA) is 77.3 Å². The summed E-state index contributed by atoms with van der Waals surface area (Å²) in [7, 11) is 0. The summed E-state index contributed by atoms with van der Waals surface area (Å²) >= 11 is 0. The van der Waals surface area contributed by atoms with Gasteiger partial charge >= 0.3 is 0 Å². The maximum absolute atomic E-state index is 5.70. The number of aliphatic imine (C=N–C) groups is 1. The van der Waals surface area contributed by atoms with Gasteiger partial charge < -0.3 is 10.3 Å². The van der Waals surface area contributed by atoms with Crippen molar-refractivity contribution in [2.45, 2.75) is 19.3 Å². The lowest BCUT2D eigenvalue weighted by Gasteiger charge is -1.95. The summed E-state index contributed by atoms with van der Waals surface area (Å²) in [6.07, 6.45) is 4.41. The molecule has 1 aromatic rings.